The molecule has 2 atom stereocenters. The van der Waals surface area contributed by atoms with Crippen molar-refractivity contribution in [1.82, 2.24) is 19.7 Å². The number of aromatic hydroxyl groups is 2. The number of hydrogen-bond donors (Lipinski definition) is 4. The number of likely N-dealkylation sites (N-methyl/N-ethyl adjacent to an activating group) is 1. The van der Waals surface area contributed by atoms with Gasteiger partial charge < -0.3 is 30.5 Å². The van der Waals surface area contributed by atoms with Crippen molar-refractivity contribution in [1.29, 1.82) is 0 Å². The lowest BCUT2D eigenvalue weighted by Gasteiger charge is -2.37. The third kappa shape index (κ3) is 9.10. The van der Waals surface area contributed by atoms with Gasteiger partial charge in [0.2, 0.25) is 5.91 Å². The normalized spacial score (nSPS) is 15.4. The van der Waals surface area contributed by atoms with Crippen LogP contribution in [0.25, 0.3) is 20.5 Å². The Morgan fingerprint density at radius 2 is 1.71 bits per heavy atom. The molecule has 0 spiro atoms. The number of nitrogens with zero attached hydrogens (tertiary/aromatic N) is 5. The number of ketones is 2. The van der Waals surface area contributed by atoms with Crippen LogP contribution < -0.4 is 15.4 Å². The van der Waals surface area contributed by atoms with E-state index in [0.717, 1.165) is 51.9 Å². The molecule has 7 aromatic rings. The number of phenolic OH excluding ortho intramolecular Hbond substituents is 2. The van der Waals surface area contributed by atoms with Gasteiger partial charge >= 0.3 is 0 Å². The molecule has 1 unspecified atom stereocenters. The Bertz CT molecular complexity index is 2950. The zero-order valence-electron chi connectivity index (χ0n) is 35.8. The molecule has 0 saturated heterocycles. The molecular weight excluding hydrogens is 846 g/mol. The zero-order chi connectivity index (χ0) is 45.2. The van der Waals surface area contributed by atoms with Gasteiger partial charge in [-0.15, -0.1) is 11.3 Å². The first-order valence-electron chi connectivity index (χ1n) is 21.4. The molecule has 0 saturated carbocycles. The van der Waals surface area contributed by atoms with Crippen LogP contribution in [0.4, 0.5) is 15.8 Å². The van der Waals surface area contributed by atoms with E-state index in [1.807, 2.05) is 31.3 Å². The minimum Gasteiger partial charge on any atom is -0.508 e. The van der Waals surface area contributed by atoms with Crippen molar-refractivity contribution in [3.63, 3.8) is 0 Å². The maximum atomic E-state index is 14.7. The van der Waals surface area contributed by atoms with Crippen molar-refractivity contribution in [3.05, 3.63) is 149 Å². The molecule has 15 heteroatoms. The number of phenols is 2. The van der Waals surface area contributed by atoms with Crippen LogP contribution in [0, 0.1) is 5.82 Å². The van der Waals surface area contributed by atoms with E-state index in [4.69, 9.17) is 4.74 Å². The molecule has 1 amide bonds. The Balaban J connectivity index is 0.726. The first kappa shape index (κ1) is 43.0. The molecule has 330 valence electrons. The van der Waals surface area contributed by atoms with Gasteiger partial charge in [0.1, 0.15) is 48.4 Å². The number of hydrogen-bond acceptors (Lipinski definition) is 12. The smallest absolute Gasteiger partial charge is 0.224 e. The van der Waals surface area contributed by atoms with Gasteiger partial charge in [-0.2, -0.15) is 5.10 Å². The van der Waals surface area contributed by atoms with Gasteiger partial charge in [-0.1, -0.05) is 18.6 Å². The average molecular weight is 892 g/mol. The summed E-state index contributed by atoms with van der Waals surface area (Å²) in [6.45, 7) is 1.95. The Hall–Kier alpha value is -7.23. The number of carbonyl (C=O) groups is 3. The van der Waals surface area contributed by atoms with Crippen molar-refractivity contribution in [2.24, 2.45) is 12.0 Å². The fraction of sp³-hybridized carbons (Fsp3) is 0.240. The highest BCUT2D eigenvalue weighted by Crippen LogP contribution is 2.45. The van der Waals surface area contributed by atoms with Gasteiger partial charge in [-0.25, -0.2) is 9.37 Å². The first-order chi connectivity index (χ1) is 31.5. The third-order valence-corrected chi connectivity index (χ3v) is 13.1. The highest BCUT2D eigenvalue weighted by atomic mass is 32.1. The van der Waals surface area contributed by atoms with E-state index in [9.17, 15) is 29.0 Å². The Kier molecular flexibility index (Phi) is 12.2. The second kappa shape index (κ2) is 18.5. The van der Waals surface area contributed by atoms with Crippen molar-refractivity contribution in [3.8, 4) is 27.7 Å². The number of fused-ring (bicyclic) bond motifs is 1. The highest BCUT2D eigenvalue weighted by molar-refractivity contribution is 7.22. The SMILES string of the molecule is CN(CCCCCC(=O)Nc1ccc(C2Nc3cc(F)cc4c3C(=NCC4=O)[C@@H]2c2ncnn2C)cc1)CCOc1ccc(C(=O)c2c(-c3ccc(O)cc3)sc3cc(O)ccc23)cc1. The molecule has 4 N–H and O–H groups in total. The van der Waals surface area contributed by atoms with Gasteiger partial charge in [-0.05, 0) is 129 Å². The molecule has 0 bridgehead atoms. The number of aromatic nitrogens is 3. The van der Waals surface area contributed by atoms with Crippen molar-refractivity contribution in [2.45, 2.75) is 37.6 Å². The highest BCUT2D eigenvalue weighted by Gasteiger charge is 2.42. The molecule has 13 nitrogen and oxygen atoms in total. The van der Waals surface area contributed by atoms with Crippen LogP contribution in [0.2, 0.25) is 0 Å². The van der Waals surface area contributed by atoms with Gasteiger partial charge in [0.05, 0.1) is 17.7 Å². The number of Topliss-reactive ketones (excluding diaryl/α,β-unsaturated/α-hetero) is 1. The number of amides is 1. The molecular formula is C50H46FN7O6S. The van der Waals surface area contributed by atoms with Crippen LogP contribution in [0.1, 0.15) is 80.9 Å². The van der Waals surface area contributed by atoms with Gasteiger partial charge in [0.15, 0.2) is 11.6 Å². The Morgan fingerprint density at radius 1 is 0.938 bits per heavy atom. The predicted molar refractivity (Wildman–Crippen MR) is 249 cm³/mol. The summed E-state index contributed by atoms with van der Waals surface area (Å²) in [7, 11) is 3.84. The van der Waals surface area contributed by atoms with E-state index in [0.29, 0.717) is 70.5 Å². The molecule has 0 fully saturated rings. The maximum Gasteiger partial charge on any atom is 0.224 e. The lowest BCUT2D eigenvalue weighted by atomic mass is 9.78. The van der Waals surface area contributed by atoms with Gasteiger partial charge in [0, 0.05) is 68.6 Å². The summed E-state index contributed by atoms with van der Waals surface area (Å²) >= 11 is 1.42. The molecule has 9 rings (SSSR count). The molecule has 5 aromatic carbocycles. The summed E-state index contributed by atoms with van der Waals surface area (Å²) in [6.07, 6.45) is 4.42. The van der Waals surface area contributed by atoms with E-state index in [1.165, 1.54) is 29.8 Å². The van der Waals surface area contributed by atoms with E-state index in [2.05, 4.69) is 30.6 Å². The summed E-state index contributed by atoms with van der Waals surface area (Å²) in [5, 5.41) is 31.4. The summed E-state index contributed by atoms with van der Waals surface area (Å²) in [4.78, 5) is 51.7. The molecule has 0 radical (unpaired) electrons. The summed E-state index contributed by atoms with van der Waals surface area (Å²) in [6, 6.07) is 28.7. The molecule has 0 aliphatic carbocycles. The van der Waals surface area contributed by atoms with Crippen molar-refractivity contribution < 1.29 is 33.7 Å². The van der Waals surface area contributed by atoms with Crippen LogP contribution in [0.3, 0.4) is 0 Å². The number of benzene rings is 5. The molecule has 2 aromatic heterocycles. The minimum absolute atomic E-state index is 0.0669. The largest absolute Gasteiger partial charge is 0.508 e. The number of aliphatic imine (C=N–C) groups is 1. The van der Waals surface area contributed by atoms with E-state index >= 15 is 0 Å². The summed E-state index contributed by atoms with van der Waals surface area (Å²) < 4.78 is 23.2. The van der Waals surface area contributed by atoms with E-state index < -0.39 is 17.8 Å². The molecule has 4 heterocycles. The second-order valence-electron chi connectivity index (χ2n) is 16.4. The number of ether oxygens (including phenoxy) is 1. The maximum absolute atomic E-state index is 14.7. The molecule has 65 heavy (non-hydrogen) atoms. The predicted octanol–water partition coefficient (Wildman–Crippen LogP) is 8.92. The number of unbranched alkanes of at least 4 members (excludes halogenated alkanes) is 2. The number of aryl methyl sites for hydroxylation is 1. The number of thiophene rings is 1. The van der Waals surface area contributed by atoms with Crippen molar-refractivity contribution in [2.75, 3.05) is 43.9 Å². The number of carbonyl (C=O) groups excluding carboxylic acids is 3. The minimum atomic E-state index is -0.500. The zero-order valence-corrected chi connectivity index (χ0v) is 36.6. The van der Waals surface area contributed by atoms with Gasteiger partial charge in [0.25, 0.3) is 0 Å². The summed E-state index contributed by atoms with van der Waals surface area (Å²) in [5.74, 6) is 0.232. The first-order valence-corrected chi connectivity index (χ1v) is 22.2. The van der Waals surface area contributed by atoms with Crippen LogP contribution in [0.15, 0.2) is 114 Å². The fourth-order valence-corrected chi connectivity index (χ4v) is 9.82. The topological polar surface area (TPSA) is 171 Å². The average Bonchev–Trinajstić information content (AvgIpc) is 3.90. The second-order valence-corrected chi connectivity index (χ2v) is 17.4. The van der Waals surface area contributed by atoms with Crippen LogP contribution >= 0.6 is 11.3 Å². The number of rotatable bonds is 16. The standard InChI is InChI=1S/C50H46FN7O6S/c1-57(22-23-64-36-18-11-30(12-19-36)48(63)44-37-20-17-35(60)26-41(37)65-49(44)31-9-15-34(59)16-10-31)21-5-3-4-6-42(62)55-33-13-7-29(8-14-33)46-45(50-53-28-54-58(50)2)47-43-38(40(61)27-52-47)24-32(51)25-39(43)56-46/h7-20,24-26,28,45-46,56,59-60H,3-6,21-23,27H2,1-2H3,(H,55,62)/t45-,46?/m1/s1. The molecule has 2 aliphatic heterocycles. The lowest BCUT2D eigenvalue weighted by molar-refractivity contribution is -0.116. The monoisotopic (exact) mass is 891 g/mol. The Labute approximate surface area is 378 Å². The van der Waals surface area contributed by atoms with Crippen LogP contribution in [0.5, 0.6) is 17.2 Å². The van der Waals surface area contributed by atoms with Crippen molar-refractivity contribution >= 4 is 56.0 Å². The quantitative estimate of drug-likeness (QED) is 0.0543. The number of nitrogens with one attached hydrogen (secondary N) is 2. The van der Waals surface area contributed by atoms with E-state index in [1.54, 1.807) is 78.5 Å². The number of halogens is 1. The number of anilines is 2. The summed E-state index contributed by atoms with van der Waals surface area (Å²) in [5.41, 5.74) is 5.48. The molecule has 2 aliphatic rings. The van der Waals surface area contributed by atoms with Gasteiger partial charge in [-0.3, -0.25) is 24.1 Å². The Morgan fingerprint density at radius 3 is 2.46 bits per heavy atom. The lowest BCUT2D eigenvalue weighted by Crippen LogP contribution is -2.37. The third-order valence-electron chi connectivity index (χ3n) is 11.9. The van der Waals surface area contributed by atoms with Crippen LogP contribution in [-0.2, 0) is 11.8 Å². The van der Waals surface area contributed by atoms with Crippen LogP contribution in [-0.4, -0.2) is 86.4 Å². The van der Waals surface area contributed by atoms with E-state index in [-0.39, 0.29) is 35.5 Å². The fourth-order valence-electron chi connectivity index (χ4n) is 8.58.